The minimum Gasteiger partial charge on any atom is -0.341 e. The van der Waals surface area contributed by atoms with Gasteiger partial charge in [0.25, 0.3) is 0 Å². The zero-order valence-corrected chi connectivity index (χ0v) is 14.3. The van der Waals surface area contributed by atoms with Crippen molar-refractivity contribution >= 4 is 26.8 Å². The third-order valence-electron chi connectivity index (χ3n) is 4.03. The highest BCUT2D eigenvalue weighted by atomic mass is 79.9. The van der Waals surface area contributed by atoms with Crippen LogP contribution in [0.2, 0.25) is 0 Å². The predicted octanol–water partition coefficient (Wildman–Crippen LogP) is 4.54. The maximum absolute atomic E-state index is 4.59. The molecular weight excluding hydrogens is 326 g/mol. The molecule has 3 rings (SSSR count). The van der Waals surface area contributed by atoms with Crippen molar-refractivity contribution in [1.29, 1.82) is 0 Å². The highest BCUT2D eigenvalue weighted by Gasteiger charge is 2.14. The molecule has 3 aromatic rings. The lowest BCUT2D eigenvalue weighted by molar-refractivity contribution is 0.600. The van der Waals surface area contributed by atoms with E-state index in [2.05, 4.69) is 74.6 Å². The van der Waals surface area contributed by atoms with Gasteiger partial charge < -0.3 is 4.57 Å². The van der Waals surface area contributed by atoms with Crippen LogP contribution in [0.1, 0.15) is 30.8 Å². The Morgan fingerprint density at radius 2 is 2.00 bits per heavy atom. The van der Waals surface area contributed by atoms with Crippen LogP contribution in [-0.2, 0) is 19.5 Å². The van der Waals surface area contributed by atoms with Crippen LogP contribution in [-0.4, -0.2) is 14.3 Å². The fraction of sp³-hybridized carbons (Fsp3) is 0.353. The first-order valence-corrected chi connectivity index (χ1v) is 8.23. The topological polar surface area (TPSA) is 22.8 Å². The van der Waals surface area contributed by atoms with Gasteiger partial charge in [-0.2, -0.15) is 5.10 Å². The lowest BCUT2D eigenvalue weighted by Crippen LogP contribution is -2.08. The monoisotopic (exact) mass is 345 g/mol. The summed E-state index contributed by atoms with van der Waals surface area (Å²) in [4.78, 5) is 0. The molecule has 0 N–H and O–H groups in total. The quantitative estimate of drug-likeness (QED) is 0.680. The van der Waals surface area contributed by atoms with Crippen molar-refractivity contribution in [1.82, 2.24) is 14.3 Å². The Morgan fingerprint density at radius 1 is 1.19 bits per heavy atom. The van der Waals surface area contributed by atoms with Gasteiger partial charge in [-0.3, -0.25) is 4.68 Å². The molecule has 0 aliphatic carbocycles. The maximum Gasteiger partial charge on any atom is 0.0739 e. The van der Waals surface area contributed by atoms with E-state index in [4.69, 9.17) is 0 Å². The van der Waals surface area contributed by atoms with Gasteiger partial charge in [0.05, 0.1) is 27.9 Å². The molecule has 0 amide bonds. The molecule has 1 aromatic carbocycles. The number of rotatable bonds is 4. The summed E-state index contributed by atoms with van der Waals surface area (Å²) in [7, 11) is 0. The number of hydrogen-bond donors (Lipinski definition) is 0. The molecule has 0 aliphatic heterocycles. The second kappa shape index (κ2) is 5.68. The first kappa shape index (κ1) is 14.4. The van der Waals surface area contributed by atoms with Crippen LogP contribution in [0.5, 0.6) is 0 Å². The Balaban J connectivity index is 2.11. The molecule has 21 heavy (non-hydrogen) atoms. The molecule has 110 valence electrons. The molecular formula is C17H20BrN3. The fourth-order valence-corrected chi connectivity index (χ4v) is 3.35. The van der Waals surface area contributed by atoms with Gasteiger partial charge in [-0.05, 0) is 53.2 Å². The second-order valence-electron chi connectivity index (χ2n) is 5.31. The average Bonchev–Trinajstić information content (AvgIpc) is 3.03. The van der Waals surface area contributed by atoms with Gasteiger partial charge in [-0.15, -0.1) is 0 Å². The number of halogens is 1. The Hall–Kier alpha value is -1.55. The second-order valence-corrected chi connectivity index (χ2v) is 6.11. The first-order chi connectivity index (χ1) is 10.2. The van der Waals surface area contributed by atoms with E-state index < -0.39 is 0 Å². The van der Waals surface area contributed by atoms with Crippen molar-refractivity contribution in [3.8, 4) is 0 Å². The van der Waals surface area contributed by atoms with Gasteiger partial charge in [-0.25, -0.2) is 0 Å². The van der Waals surface area contributed by atoms with Crippen LogP contribution in [0.25, 0.3) is 10.9 Å². The largest absolute Gasteiger partial charge is 0.341 e. The normalized spacial score (nSPS) is 11.4. The van der Waals surface area contributed by atoms with E-state index in [9.17, 15) is 0 Å². The van der Waals surface area contributed by atoms with Crippen molar-refractivity contribution in [2.75, 3.05) is 0 Å². The Morgan fingerprint density at radius 3 is 2.71 bits per heavy atom. The van der Waals surface area contributed by atoms with Crippen molar-refractivity contribution in [2.24, 2.45) is 0 Å². The van der Waals surface area contributed by atoms with Crippen LogP contribution >= 0.6 is 15.9 Å². The Labute approximate surface area is 133 Å². The average molecular weight is 346 g/mol. The lowest BCUT2D eigenvalue weighted by atomic mass is 10.1. The van der Waals surface area contributed by atoms with Crippen LogP contribution in [0.4, 0.5) is 0 Å². The number of fused-ring (bicyclic) bond motifs is 1. The van der Waals surface area contributed by atoms with E-state index in [1.807, 2.05) is 6.92 Å². The zero-order chi connectivity index (χ0) is 15.0. The number of benzene rings is 1. The van der Waals surface area contributed by atoms with Gasteiger partial charge in [0.1, 0.15) is 0 Å². The maximum atomic E-state index is 4.59. The minimum absolute atomic E-state index is 0.843. The van der Waals surface area contributed by atoms with Crippen LogP contribution in [0, 0.1) is 6.92 Å². The van der Waals surface area contributed by atoms with Gasteiger partial charge in [0.15, 0.2) is 0 Å². The molecule has 2 heterocycles. The number of para-hydroxylation sites is 1. The molecule has 0 saturated heterocycles. The van der Waals surface area contributed by atoms with E-state index in [1.54, 1.807) is 0 Å². The van der Waals surface area contributed by atoms with E-state index in [0.717, 1.165) is 29.7 Å². The summed E-state index contributed by atoms with van der Waals surface area (Å²) in [6.07, 6.45) is 3.23. The summed E-state index contributed by atoms with van der Waals surface area (Å²) in [6.45, 7) is 8.12. The third-order valence-corrected chi connectivity index (χ3v) is 5.06. The SMILES string of the molecule is CCc1cccc2ccn(Cc3c(Br)c(C)nn3CC)c12. The van der Waals surface area contributed by atoms with Crippen LogP contribution in [0.3, 0.4) is 0 Å². The molecule has 0 bridgehead atoms. The highest BCUT2D eigenvalue weighted by molar-refractivity contribution is 9.10. The lowest BCUT2D eigenvalue weighted by Gasteiger charge is -2.11. The molecule has 0 unspecified atom stereocenters. The summed E-state index contributed by atoms with van der Waals surface area (Å²) in [5.74, 6) is 0. The molecule has 3 nitrogen and oxygen atoms in total. The highest BCUT2D eigenvalue weighted by Crippen LogP contribution is 2.26. The summed E-state index contributed by atoms with van der Waals surface area (Å²) in [5, 5.41) is 5.90. The van der Waals surface area contributed by atoms with Gasteiger partial charge in [0, 0.05) is 12.7 Å². The van der Waals surface area contributed by atoms with Crippen molar-refractivity contribution < 1.29 is 0 Å². The number of nitrogens with zero attached hydrogens (tertiary/aromatic N) is 3. The molecule has 0 atom stereocenters. The number of aryl methyl sites for hydroxylation is 3. The molecule has 0 spiro atoms. The Bertz CT molecular complexity index is 783. The number of aromatic nitrogens is 3. The molecule has 0 aliphatic rings. The van der Waals surface area contributed by atoms with Crippen molar-refractivity contribution in [2.45, 2.75) is 40.3 Å². The summed E-state index contributed by atoms with van der Waals surface area (Å²) in [6, 6.07) is 8.74. The standard InChI is InChI=1S/C17H20BrN3/c1-4-13-7-6-8-14-9-10-20(17(13)14)11-15-16(18)12(3)19-21(15)5-2/h6-10H,4-5,11H2,1-3H3. The van der Waals surface area contributed by atoms with Crippen molar-refractivity contribution in [3.63, 3.8) is 0 Å². The minimum atomic E-state index is 0.843. The van der Waals surface area contributed by atoms with E-state index >= 15 is 0 Å². The molecule has 0 saturated carbocycles. The zero-order valence-electron chi connectivity index (χ0n) is 12.7. The van der Waals surface area contributed by atoms with E-state index in [0.29, 0.717) is 0 Å². The summed E-state index contributed by atoms with van der Waals surface area (Å²) in [5.41, 5.74) is 5.03. The van der Waals surface area contributed by atoms with Gasteiger partial charge in [-0.1, -0.05) is 25.1 Å². The third kappa shape index (κ3) is 2.42. The molecule has 4 heteroatoms. The van der Waals surface area contributed by atoms with Crippen molar-refractivity contribution in [3.05, 3.63) is 51.9 Å². The smallest absolute Gasteiger partial charge is 0.0739 e. The first-order valence-electron chi connectivity index (χ1n) is 7.44. The number of hydrogen-bond acceptors (Lipinski definition) is 1. The van der Waals surface area contributed by atoms with Crippen LogP contribution in [0.15, 0.2) is 34.9 Å². The predicted molar refractivity (Wildman–Crippen MR) is 90.8 cm³/mol. The molecule has 0 radical (unpaired) electrons. The van der Waals surface area contributed by atoms with Gasteiger partial charge in [0.2, 0.25) is 0 Å². The molecule has 2 aromatic heterocycles. The van der Waals surface area contributed by atoms with Crippen LogP contribution < -0.4 is 0 Å². The van der Waals surface area contributed by atoms with E-state index in [-0.39, 0.29) is 0 Å². The fourth-order valence-electron chi connectivity index (χ4n) is 2.94. The Kier molecular flexibility index (Phi) is 3.89. The summed E-state index contributed by atoms with van der Waals surface area (Å²) < 4.78 is 5.54. The van der Waals surface area contributed by atoms with Gasteiger partial charge >= 0.3 is 0 Å². The van der Waals surface area contributed by atoms with E-state index in [1.165, 1.54) is 22.2 Å². The summed E-state index contributed by atoms with van der Waals surface area (Å²) >= 11 is 3.69. The molecule has 0 fully saturated rings.